The second-order valence-electron chi connectivity index (χ2n) is 15.4. The smallest absolute Gasteiger partial charge is 0.0541 e. The molecule has 0 aliphatic heterocycles. The molecule has 10 aromatic carbocycles. The summed E-state index contributed by atoms with van der Waals surface area (Å²) in [6.45, 7) is 0. The SMILES string of the molecule is c1ccc(-c2cccc(N(c3ccc(-c4ccc(-c5ccccc5-n5c6ccccc6c6ccccc65)cc4)cc3)c3cccc(-c4ccc5ccccc5c4)c3)c2)cc1. The van der Waals surface area contributed by atoms with Gasteiger partial charge in [0.1, 0.15) is 0 Å². The fraction of sp³-hybridized carbons (Fsp3) is 0. The maximum absolute atomic E-state index is 2.41. The Balaban J connectivity index is 0.953. The van der Waals surface area contributed by atoms with Gasteiger partial charge in [0, 0.05) is 33.4 Å². The molecule has 0 amide bonds. The zero-order valence-corrected chi connectivity index (χ0v) is 33.0. The summed E-state index contributed by atoms with van der Waals surface area (Å²) in [7, 11) is 0. The van der Waals surface area contributed by atoms with E-state index in [0.29, 0.717) is 0 Å². The lowest BCUT2D eigenvalue weighted by molar-refractivity contribution is 1.18. The van der Waals surface area contributed by atoms with Crippen LogP contribution in [0.4, 0.5) is 17.1 Å². The predicted molar refractivity (Wildman–Crippen MR) is 255 cm³/mol. The second-order valence-corrected chi connectivity index (χ2v) is 15.4. The number of nitrogens with zero attached hydrogens (tertiary/aromatic N) is 2. The molecule has 0 atom stereocenters. The normalized spacial score (nSPS) is 11.3. The fourth-order valence-electron chi connectivity index (χ4n) is 8.84. The summed E-state index contributed by atoms with van der Waals surface area (Å²) in [6, 6.07) is 87.8. The summed E-state index contributed by atoms with van der Waals surface area (Å²) < 4.78 is 2.41. The Morgan fingerprint density at radius 1 is 0.267 bits per heavy atom. The van der Waals surface area contributed by atoms with Crippen molar-refractivity contribution in [3.63, 3.8) is 0 Å². The van der Waals surface area contributed by atoms with Gasteiger partial charge in [-0.05, 0) is 110 Å². The number of aromatic nitrogens is 1. The highest BCUT2D eigenvalue weighted by Gasteiger charge is 2.17. The van der Waals surface area contributed by atoms with Crippen molar-refractivity contribution >= 4 is 49.6 Å². The van der Waals surface area contributed by atoms with E-state index < -0.39 is 0 Å². The lowest BCUT2D eigenvalue weighted by atomic mass is 9.98. The maximum Gasteiger partial charge on any atom is 0.0541 e. The van der Waals surface area contributed by atoms with Gasteiger partial charge in [-0.1, -0.05) is 182 Å². The molecule has 11 rings (SSSR count). The van der Waals surface area contributed by atoms with E-state index in [0.717, 1.165) is 17.1 Å². The van der Waals surface area contributed by atoms with Crippen LogP contribution in [0.1, 0.15) is 0 Å². The number of rotatable bonds is 8. The fourth-order valence-corrected chi connectivity index (χ4v) is 8.84. The van der Waals surface area contributed by atoms with Crippen LogP contribution in [0.15, 0.2) is 243 Å². The first-order valence-electron chi connectivity index (χ1n) is 20.6. The van der Waals surface area contributed by atoms with Crippen molar-refractivity contribution in [2.75, 3.05) is 4.90 Å². The largest absolute Gasteiger partial charge is 0.310 e. The Hall–Kier alpha value is -7.94. The van der Waals surface area contributed by atoms with Crippen molar-refractivity contribution in [2.45, 2.75) is 0 Å². The van der Waals surface area contributed by atoms with E-state index in [2.05, 4.69) is 252 Å². The molecule has 0 unspecified atom stereocenters. The number of para-hydroxylation sites is 3. The molecule has 0 spiro atoms. The molecular weight excluding hydrogens is 725 g/mol. The van der Waals surface area contributed by atoms with Crippen molar-refractivity contribution in [3.8, 4) is 50.2 Å². The first-order chi connectivity index (χ1) is 29.7. The minimum atomic E-state index is 1.09. The van der Waals surface area contributed by atoms with Crippen molar-refractivity contribution < 1.29 is 0 Å². The lowest BCUT2D eigenvalue weighted by Crippen LogP contribution is -2.10. The standard InChI is InChI=1S/C58H40N2/c1-2-14-41(15-3-1)47-18-12-20-51(39-47)59(52-21-13-19-48(40-52)49-33-30-42-16-4-5-17-46(42)38-49)50-36-34-44(35-37-50)43-28-31-45(32-29-43)53-22-6-9-25-56(53)60-57-26-10-7-23-54(57)55-24-8-11-27-58(55)60/h1-40H. The first kappa shape index (κ1) is 35.2. The molecule has 0 N–H and O–H groups in total. The number of fused-ring (bicyclic) bond motifs is 4. The minimum absolute atomic E-state index is 1.09. The van der Waals surface area contributed by atoms with E-state index in [1.165, 1.54) is 82.8 Å². The molecule has 0 aliphatic rings. The maximum atomic E-state index is 2.41. The highest BCUT2D eigenvalue weighted by Crippen LogP contribution is 2.40. The highest BCUT2D eigenvalue weighted by molar-refractivity contribution is 6.09. The zero-order valence-electron chi connectivity index (χ0n) is 33.0. The van der Waals surface area contributed by atoms with Crippen LogP contribution in [-0.2, 0) is 0 Å². The molecule has 2 nitrogen and oxygen atoms in total. The van der Waals surface area contributed by atoms with Gasteiger partial charge in [0.2, 0.25) is 0 Å². The van der Waals surface area contributed by atoms with Gasteiger partial charge in [-0.15, -0.1) is 0 Å². The van der Waals surface area contributed by atoms with Gasteiger partial charge in [0.05, 0.1) is 16.7 Å². The van der Waals surface area contributed by atoms with Gasteiger partial charge >= 0.3 is 0 Å². The topological polar surface area (TPSA) is 8.17 Å². The summed E-state index contributed by atoms with van der Waals surface area (Å²) in [5.41, 5.74) is 16.4. The Kier molecular flexibility index (Phi) is 8.87. The summed E-state index contributed by atoms with van der Waals surface area (Å²) in [4.78, 5) is 2.37. The van der Waals surface area contributed by atoms with Gasteiger partial charge in [-0.3, -0.25) is 0 Å². The van der Waals surface area contributed by atoms with Gasteiger partial charge in [0.15, 0.2) is 0 Å². The Bertz CT molecular complexity index is 3250. The molecule has 0 fully saturated rings. The van der Waals surface area contributed by atoms with E-state index in [-0.39, 0.29) is 0 Å². The van der Waals surface area contributed by atoms with E-state index in [1.807, 2.05) is 0 Å². The van der Waals surface area contributed by atoms with Crippen LogP contribution in [0.5, 0.6) is 0 Å². The van der Waals surface area contributed by atoms with E-state index >= 15 is 0 Å². The van der Waals surface area contributed by atoms with E-state index in [4.69, 9.17) is 0 Å². The molecule has 0 radical (unpaired) electrons. The molecule has 1 heterocycles. The summed E-state index contributed by atoms with van der Waals surface area (Å²) in [5.74, 6) is 0. The van der Waals surface area contributed by atoms with Crippen LogP contribution in [0.25, 0.3) is 82.8 Å². The summed E-state index contributed by atoms with van der Waals surface area (Å²) >= 11 is 0. The lowest BCUT2D eigenvalue weighted by Gasteiger charge is -2.27. The molecule has 0 saturated carbocycles. The zero-order chi connectivity index (χ0) is 39.8. The second kappa shape index (κ2) is 15.1. The quantitative estimate of drug-likeness (QED) is 0.150. The van der Waals surface area contributed by atoms with Gasteiger partial charge in [0.25, 0.3) is 0 Å². The molecular formula is C58H40N2. The third kappa shape index (κ3) is 6.41. The first-order valence-corrected chi connectivity index (χ1v) is 20.6. The van der Waals surface area contributed by atoms with Crippen LogP contribution < -0.4 is 4.90 Å². The molecule has 0 saturated heterocycles. The highest BCUT2D eigenvalue weighted by atomic mass is 15.1. The van der Waals surface area contributed by atoms with Crippen LogP contribution >= 0.6 is 0 Å². The van der Waals surface area contributed by atoms with Crippen LogP contribution in [0.2, 0.25) is 0 Å². The predicted octanol–water partition coefficient (Wildman–Crippen LogP) is 16.1. The summed E-state index contributed by atoms with van der Waals surface area (Å²) in [5, 5.41) is 5.02. The van der Waals surface area contributed by atoms with Crippen LogP contribution in [0.3, 0.4) is 0 Å². The average molecular weight is 765 g/mol. The molecule has 282 valence electrons. The monoisotopic (exact) mass is 764 g/mol. The third-order valence-electron chi connectivity index (χ3n) is 11.8. The third-order valence-corrected chi connectivity index (χ3v) is 11.8. The average Bonchev–Trinajstić information content (AvgIpc) is 3.66. The number of hydrogen-bond acceptors (Lipinski definition) is 1. The Morgan fingerprint density at radius 2 is 0.733 bits per heavy atom. The number of benzene rings is 10. The van der Waals surface area contributed by atoms with Gasteiger partial charge < -0.3 is 9.47 Å². The Labute approximate surface area is 350 Å². The molecule has 60 heavy (non-hydrogen) atoms. The van der Waals surface area contributed by atoms with E-state index in [9.17, 15) is 0 Å². The summed E-state index contributed by atoms with van der Waals surface area (Å²) in [6.07, 6.45) is 0. The number of anilines is 3. The van der Waals surface area contributed by atoms with Gasteiger partial charge in [-0.25, -0.2) is 0 Å². The molecule has 1 aromatic heterocycles. The van der Waals surface area contributed by atoms with Crippen molar-refractivity contribution in [3.05, 3.63) is 243 Å². The van der Waals surface area contributed by atoms with E-state index in [1.54, 1.807) is 0 Å². The van der Waals surface area contributed by atoms with Crippen molar-refractivity contribution in [1.29, 1.82) is 0 Å². The molecule has 0 aliphatic carbocycles. The molecule has 2 heteroatoms. The van der Waals surface area contributed by atoms with Gasteiger partial charge in [-0.2, -0.15) is 0 Å². The van der Waals surface area contributed by atoms with Crippen molar-refractivity contribution in [1.82, 2.24) is 4.57 Å². The molecule has 11 aromatic rings. The molecule has 0 bridgehead atoms. The number of hydrogen-bond donors (Lipinski definition) is 0. The van der Waals surface area contributed by atoms with Crippen molar-refractivity contribution in [2.24, 2.45) is 0 Å². The van der Waals surface area contributed by atoms with Crippen LogP contribution in [-0.4, -0.2) is 4.57 Å². The van der Waals surface area contributed by atoms with Crippen LogP contribution in [0, 0.1) is 0 Å². The Morgan fingerprint density at radius 3 is 1.42 bits per heavy atom. The minimum Gasteiger partial charge on any atom is -0.310 e.